The van der Waals surface area contributed by atoms with E-state index < -0.39 is 0 Å². The van der Waals surface area contributed by atoms with E-state index in [-0.39, 0.29) is 0 Å². The largest absolute Gasteiger partial charge is 0.309 e. The molecule has 0 saturated carbocycles. The van der Waals surface area contributed by atoms with Crippen LogP contribution in [0, 0.1) is 0 Å². The average molecular weight is 1280 g/mol. The van der Waals surface area contributed by atoms with E-state index in [0.717, 1.165) is 16.6 Å². The minimum absolute atomic E-state index is 1.09. The summed E-state index contributed by atoms with van der Waals surface area (Å²) in [4.78, 5) is 13.9. The monoisotopic (exact) mass is 1280 g/mol. The van der Waals surface area contributed by atoms with E-state index in [9.17, 15) is 0 Å². The molecular weight excluding hydrogens is 1230 g/mol. The zero-order valence-corrected chi connectivity index (χ0v) is 54.0. The molecule has 9 heterocycles. The Hall–Kier alpha value is -11.9. The predicted molar refractivity (Wildman–Crippen MR) is 411 cm³/mol. The maximum Gasteiger partial charge on any atom is 0.0888 e. The molecule has 0 bridgehead atoms. The lowest BCUT2D eigenvalue weighted by Gasteiger charge is -2.14. The summed E-state index contributed by atoms with van der Waals surface area (Å²) in [5.74, 6) is 0. The number of hydrogen-bond donors (Lipinski definition) is 0. The van der Waals surface area contributed by atoms with Crippen LogP contribution in [-0.4, -0.2) is 28.7 Å². The van der Waals surface area contributed by atoms with Crippen LogP contribution in [0.4, 0.5) is 0 Å². The molecule has 0 spiro atoms. The van der Waals surface area contributed by atoms with Crippen molar-refractivity contribution < 1.29 is 0 Å². The number of nitrogens with zero attached hydrogens (tertiary/aromatic N) is 6. The van der Waals surface area contributed by atoms with Gasteiger partial charge in [-0.3, -0.25) is 15.0 Å². The van der Waals surface area contributed by atoms with Crippen molar-refractivity contribution in [3.8, 4) is 50.4 Å². The van der Waals surface area contributed by atoms with Crippen LogP contribution in [0.5, 0.6) is 0 Å². The lowest BCUT2D eigenvalue weighted by molar-refractivity contribution is 1.18. The quantitative estimate of drug-likeness (QED) is 0.167. The van der Waals surface area contributed by atoms with E-state index in [4.69, 9.17) is 0 Å². The second-order valence-electron chi connectivity index (χ2n) is 24.2. The lowest BCUT2D eigenvalue weighted by Crippen LogP contribution is -1.96. The van der Waals surface area contributed by atoms with Crippen LogP contribution in [0.1, 0.15) is 0 Å². The van der Waals surface area contributed by atoms with Crippen molar-refractivity contribution in [1.82, 2.24) is 28.7 Å². The number of benzene rings is 12. The van der Waals surface area contributed by atoms with Gasteiger partial charge in [-0.15, -0.1) is 34.0 Å². The summed E-state index contributed by atoms with van der Waals surface area (Å²) in [7, 11) is 0. The highest BCUT2D eigenvalue weighted by atomic mass is 32.1. The average Bonchev–Trinajstić information content (AvgIpc) is 1.63. The van der Waals surface area contributed by atoms with E-state index in [1.165, 1.54) is 160 Å². The zero-order chi connectivity index (χ0) is 63.2. The van der Waals surface area contributed by atoms with E-state index >= 15 is 0 Å². The second-order valence-corrected chi connectivity index (χ2v) is 27.5. The van der Waals surface area contributed by atoms with Crippen LogP contribution >= 0.6 is 34.0 Å². The van der Waals surface area contributed by atoms with Crippen molar-refractivity contribution in [2.45, 2.75) is 0 Å². The molecular formula is C87H54N6S3. The van der Waals surface area contributed by atoms with Gasteiger partial charge in [0.1, 0.15) is 0 Å². The first-order chi connectivity index (χ1) is 47.6. The molecule has 0 radical (unpaired) electrons. The van der Waals surface area contributed by atoms with Crippen LogP contribution in [0.2, 0.25) is 0 Å². The predicted octanol–water partition coefficient (Wildman–Crippen LogP) is 24.6. The molecule has 21 rings (SSSR count). The van der Waals surface area contributed by atoms with Crippen molar-refractivity contribution in [3.63, 3.8) is 0 Å². The smallest absolute Gasteiger partial charge is 0.0888 e. The molecule has 0 aliphatic heterocycles. The van der Waals surface area contributed by atoms with E-state index in [2.05, 4.69) is 320 Å². The summed E-state index contributed by atoms with van der Waals surface area (Å²) >= 11 is 5.41. The van der Waals surface area contributed by atoms with Gasteiger partial charge >= 0.3 is 0 Å². The van der Waals surface area contributed by atoms with Crippen molar-refractivity contribution >= 4 is 160 Å². The third-order valence-corrected chi connectivity index (χ3v) is 22.1. The minimum atomic E-state index is 1.09. The number of aromatic nitrogens is 6. The SMILES string of the molecule is c1cc(-c2ccc3sc4cccnc4c3c2)cc(-n2c3ccccc3c3ccccc32)c1.c1ccc(-n2c3ccccc3c3ccccc32)c(-c2ccc3sc4cccnc4c3c2)c1.c1cnc2c(c1)sc1ccc(-c3ccc(-n4c5ccccc5c5ccccc54)cc3)cc12. The van der Waals surface area contributed by atoms with Crippen LogP contribution < -0.4 is 0 Å². The number of rotatable bonds is 6. The van der Waals surface area contributed by atoms with Crippen molar-refractivity contribution in [1.29, 1.82) is 0 Å². The van der Waals surface area contributed by atoms with Crippen LogP contribution in [0.25, 0.3) is 177 Å². The van der Waals surface area contributed by atoms with Gasteiger partial charge in [0.2, 0.25) is 0 Å². The molecule has 450 valence electrons. The Kier molecular flexibility index (Phi) is 13.4. The number of pyridine rings is 3. The Morgan fingerprint density at radius 1 is 0.208 bits per heavy atom. The van der Waals surface area contributed by atoms with Crippen LogP contribution in [0.3, 0.4) is 0 Å². The number of thiophene rings is 3. The molecule has 6 nitrogen and oxygen atoms in total. The summed E-state index contributed by atoms with van der Waals surface area (Å²) in [6, 6.07) is 111. The van der Waals surface area contributed by atoms with E-state index in [0.29, 0.717) is 0 Å². The highest BCUT2D eigenvalue weighted by Gasteiger charge is 2.19. The summed E-state index contributed by atoms with van der Waals surface area (Å²) in [6.07, 6.45) is 5.64. The van der Waals surface area contributed by atoms with Gasteiger partial charge < -0.3 is 13.7 Å². The Morgan fingerprint density at radius 3 is 1.00 bits per heavy atom. The van der Waals surface area contributed by atoms with Crippen LogP contribution in [-0.2, 0) is 0 Å². The van der Waals surface area contributed by atoms with Crippen molar-refractivity contribution in [2.24, 2.45) is 0 Å². The molecule has 0 aliphatic carbocycles. The minimum Gasteiger partial charge on any atom is -0.309 e. The summed E-state index contributed by atoms with van der Waals surface area (Å²) in [6.45, 7) is 0. The van der Waals surface area contributed by atoms with Gasteiger partial charge in [0.15, 0.2) is 0 Å². The highest BCUT2D eigenvalue weighted by Crippen LogP contribution is 2.42. The maximum absolute atomic E-state index is 4.66. The van der Waals surface area contributed by atoms with Gasteiger partial charge in [-0.25, -0.2) is 0 Å². The van der Waals surface area contributed by atoms with Crippen molar-refractivity contribution in [2.75, 3.05) is 0 Å². The molecule has 96 heavy (non-hydrogen) atoms. The van der Waals surface area contributed by atoms with Gasteiger partial charge in [0.25, 0.3) is 0 Å². The van der Waals surface area contributed by atoms with Gasteiger partial charge in [-0.2, -0.15) is 0 Å². The number of hydrogen-bond acceptors (Lipinski definition) is 6. The number of fused-ring (bicyclic) bond motifs is 18. The first-order valence-corrected chi connectivity index (χ1v) is 34.6. The Bertz CT molecular complexity index is 6460. The van der Waals surface area contributed by atoms with Gasteiger partial charge in [-0.05, 0) is 167 Å². The maximum atomic E-state index is 4.66. The third-order valence-electron chi connectivity index (χ3n) is 18.8. The fourth-order valence-electron chi connectivity index (χ4n) is 14.4. The van der Waals surface area contributed by atoms with Crippen LogP contribution in [0.15, 0.2) is 328 Å². The fourth-order valence-corrected chi connectivity index (χ4v) is 17.6. The molecule has 21 aromatic rings. The third kappa shape index (κ3) is 9.30. The van der Waals surface area contributed by atoms with Gasteiger partial charge in [0, 0.05) is 98.1 Å². The molecule has 0 aliphatic rings. The zero-order valence-electron chi connectivity index (χ0n) is 51.6. The summed E-state index contributed by atoms with van der Waals surface area (Å²) in [5.41, 5.74) is 21.5. The molecule has 0 amide bonds. The molecule has 0 N–H and O–H groups in total. The Morgan fingerprint density at radius 2 is 0.552 bits per heavy atom. The van der Waals surface area contributed by atoms with E-state index in [1.807, 2.05) is 36.8 Å². The molecule has 0 saturated heterocycles. The van der Waals surface area contributed by atoms with Gasteiger partial charge in [0.05, 0.1) is 69.4 Å². The first-order valence-electron chi connectivity index (χ1n) is 32.2. The molecule has 0 unspecified atom stereocenters. The molecule has 12 aromatic carbocycles. The Balaban J connectivity index is 0.000000102. The summed E-state index contributed by atoms with van der Waals surface area (Å²) in [5, 5.41) is 11.4. The normalized spacial score (nSPS) is 11.8. The standard InChI is InChI=1S/3C29H18N2S/c1-4-11-24(31-25-12-5-2-9-21(25)22-10-3-6-13-26(22)31)20(8-1)19-15-16-27-23(18-19)29-28(32-27)14-7-17-30-29;1-3-11-25-22(9-1)23-10-2-4-12-26(23)31(25)21-8-5-7-19(17-21)20-14-15-27-24(18-20)29-28(32-27)13-6-16-30-29;1-3-8-25-22(6-1)23-7-2-4-9-26(23)31(25)21-14-11-19(12-15-21)20-13-16-27-24(18-20)29-28(32-27)10-5-17-30-29/h3*1-18H. The lowest BCUT2D eigenvalue weighted by atomic mass is 10.0. The van der Waals surface area contributed by atoms with Crippen molar-refractivity contribution in [3.05, 3.63) is 328 Å². The molecule has 0 fully saturated rings. The molecule has 0 atom stereocenters. The number of para-hydroxylation sites is 7. The second kappa shape index (κ2) is 23.0. The first kappa shape index (κ1) is 55.8. The molecule has 9 heteroatoms. The van der Waals surface area contributed by atoms with E-state index in [1.54, 1.807) is 34.0 Å². The Labute approximate surface area is 563 Å². The van der Waals surface area contributed by atoms with Gasteiger partial charge in [-0.1, -0.05) is 170 Å². The molecule has 9 aromatic heterocycles. The fraction of sp³-hybridized carbons (Fsp3) is 0. The topological polar surface area (TPSA) is 53.5 Å². The summed E-state index contributed by atoms with van der Waals surface area (Å²) < 4.78 is 14.7. The highest BCUT2D eigenvalue weighted by molar-refractivity contribution is 7.26.